The van der Waals surface area contributed by atoms with Crippen LogP contribution in [0.15, 0.2) is 42.7 Å². The van der Waals surface area contributed by atoms with Crippen molar-refractivity contribution >= 4 is 11.7 Å². The number of nitrogens with one attached hydrogen (secondary N) is 2. The Hall–Kier alpha value is -2.47. The molecule has 0 radical (unpaired) electrons. The van der Waals surface area contributed by atoms with Gasteiger partial charge in [-0.15, -0.1) is 0 Å². The number of hydrazine groups is 1. The van der Waals surface area contributed by atoms with Gasteiger partial charge >= 0.3 is 0 Å². The lowest BCUT2D eigenvalue weighted by Gasteiger charge is -2.06. The summed E-state index contributed by atoms with van der Waals surface area (Å²) in [6.45, 7) is 0.534. The quantitative estimate of drug-likeness (QED) is 0.542. The molecule has 0 spiro atoms. The molecule has 6 nitrogen and oxygen atoms in total. The van der Waals surface area contributed by atoms with Gasteiger partial charge in [-0.1, -0.05) is 12.1 Å². The second kappa shape index (κ2) is 6.46. The predicted octanol–water partition coefficient (Wildman–Crippen LogP) is 0.735. The maximum absolute atomic E-state index is 11.8. The highest BCUT2D eigenvalue weighted by Crippen LogP contribution is 2.03. The maximum Gasteiger partial charge on any atom is 0.269 e. The van der Waals surface area contributed by atoms with E-state index < -0.39 is 0 Å². The van der Waals surface area contributed by atoms with Gasteiger partial charge < -0.3 is 10.7 Å². The summed E-state index contributed by atoms with van der Waals surface area (Å²) in [7, 11) is 0. The molecule has 6 heteroatoms. The molecule has 0 aliphatic rings. The number of nitrogens with zero attached hydrogens (tertiary/aromatic N) is 2. The van der Waals surface area contributed by atoms with Gasteiger partial charge in [0.15, 0.2) is 0 Å². The van der Waals surface area contributed by atoms with Gasteiger partial charge in [0.05, 0.1) is 0 Å². The molecule has 2 aromatic rings. The van der Waals surface area contributed by atoms with Crippen molar-refractivity contribution in [1.82, 2.24) is 15.3 Å². The van der Waals surface area contributed by atoms with E-state index in [9.17, 15) is 4.79 Å². The standard InChI is InChI=1S/C13H15N5O/c14-18-12-5-1-4-11(17-12)13(19)16-8-6-10-3-2-7-15-9-10/h1-5,7,9H,6,8,14H2,(H,16,19)(H,17,18). The predicted molar refractivity (Wildman–Crippen MR) is 72.3 cm³/mol. The van der Waals surface area contributed by atoms with Crippen molar-refractivity contribution in [2.24, 2.45) is 5.84 Å². The molecule has 19 heavy (non-hydrogen) atoms. The van der Waals surface area contributed by atoms with Crippen LogP contribution in [0, 0.1) is 0 Å². The van der Waals surface area contributed by atoms with Crippen LogP contribution < -0.4 is 16.6 Å². The number of nitrogens with two attached hydrogens (primary N) is 1. The van der Waals surface area contributed by atoms with E-state index in [0.717, 1.165) is 12.0 Å². The van der Waals surface area contributed by atoms with Crippen molar-refractivity contribution in [3.63, 3.8) is 0 Å². The van der Waals surface area contributed by atoms with Crippen molar-refractivity contribution in [3.8, 4) is 0 Å². The minimum Gasteiger partial charge on any atom is -0.350 e. The van der Waals surface area contributed by atoms with Crippen LogP contribution in [-0.2, 0) is 6.42 Å². The van der Waals surface area contributed by atoms with Crippen LogP contribution in [0.3, 0.4) is 0 Å². The number of carbonyl (C=O) groups excluding carboxylic acids is 1. The molecule has 0 unspecified atom stereocenters. The highest BCUT2D eigenvalue weighted by Gasteiger charge is 2.06. The third-order valence-electron chi connectivity index (χ3n) is 2.55. The number of hydrogen-bond donors (Lipinski definition) is 3. The van der Waals surface area contributed by atoms with Crippen LogP contribution in [0.4, 0.5) is 5.82 Å². The molecular weight excluding hydrogens is 242 g/mol. The molecular formula is C13H15N5O. The summed E-state index contributed by atoms with van der Waals surface area (Å²) in [4.78, 5) is 19.9. The zero-order valence-electron chi connectivity index (χ0n) is 10.3. The van der Waals surface area contributed by atoms with E-state index in [2.05, 4.69) is 20.7 Å². The highest BCUT2D eigenvalue weighted by molar-refractivity contribution is 5.92. The summed E-state index contributed by atoms with van der Waals surface area (Å²) >= 11 is 0. The number of nitrogen functional groups attached to an aromatic ring is 1. The summed E-state index contributed by atoms with van der Waals surface area (Å²) < 4.78 is 0. The molecule has 2 heterocycles. The molecule has 0 bridgehead atoms. The monoisotopic (exact) mass is 257 g/mol. The topological polar surface area (TPSA) is 92.9 Å². The molecule has 98 valence electrons. The summed E-state index contributed by atoms with van der Waals surface area (Å²) in [6.07, 6.45) is 4.23. The Morgan fingerprint density at radius 2 is 2.16 bits per heavy atom. The number of anilines is 1. The third-order valence-corrected chi connectivity index (χ3v) is 2.55. The summed E-state index contributed by atoms with van der Waals surface area (Å²) in [5.41, 5.74) is 3.82. The molecule has 1 amide bonds. The number of pyridine rings is 2. The third kappa shape index (κ3) is 3.75. The van der Waals surface area contributed by atoms with E-state index >= 15 is 0 Å². The molecule has 0 fully saturated rings. The number of carbonyl (C=O) groups is 1. The number of rotatable bonds is 5. The molecule has 4 N–H and O–H groups in total. The van der Waals surface area contributed by atoms with Crippen LogP contribution in [0.2, 0.25) is 0 Å². The minimum absolute atomic E-state index is 0.221. The SMILES string of the molecule is NNc1cccc(C(=O)NCCc2cccnc2)n1. The van der Waals surface area contributed by atoms with Crippen LogP contribution in [-0.4, -0.2) is 22.4 Å². The van der Waals surface area contributed by atoms with Gasteiger partial charge in [-0.2, -0.15) is 0 Å². The number of amides is 1. The molecule has 2 aromatic heterocycles. The van der Waals surface area contributed by atoms with Crippen LogP contribution in [0.1, 0.15) is 16.1 Å². The number of hydrogen-bond acceptors (Lipinski definition) is 5. The second-order valence-electron chi connectivity index (χ2n) is 3.92. The lowest BCUT2D eigenvalue weighted by atomic mass is 10.2. The molecule has 0 aliphatic heterocycles. The smallest absolute Gasteiger partial charge is 0.269 e. The first-order chi connectivity index (χ1) is 9.29. The van der Waals surface area contributed by atoms with E-state index in [0.29, 0.717) is 18.1 Å². The van der Waals surface area contributed by atoms with E-state index in [-0.39, 0.29) is 5.91 Å². The van der Waals surface area contributed by atoms with Crippen LogP contribution >= 0.6 is 0 Å². The van der Waals surface area contributed by atoms with Crippen molar-refractivity contribution in [2.75, 3.05) is 12.0 Å². The first kappa shape index (κ1) is 13.0. The van der Waals surface area contributed by atoms with Crippen molar-refractivity contribution < 1.29 is 4.79 Å². The molecule has 2 rings (SSSR count). The highest BCUT2D eigenvalue weighted by atomic mass is 16.1. The minimum atomic E-state index is -0.221. The first-order valence-electron chi connectivity index (χ1n) is 5.90. The van der Waals surface area contributed by atoms with Gasteiger partial charge in [-0.05, 0) is 30.2 Å². The average molecular weight is 257 g/mol. The van der Waals surface area contributed by atoms with Gasteiger partial charge in [0.2, 0.25) is 0 Å². The van der Waals surface area contributed by atoms with Gasteiger partial charge in [-0.3, -0.25) is 9.78 Å². The molecule has 0 atom stereocenters. The fourth-order valence-electron chi connectivity index (χ4n) is 1.60. The second-order valence-corrected chi connectivity index (χ2v) is 3.92. The summed E-state index contributed by atoms with van der Waals surface area (Å²) in [5.74, 6) is 5.48. The van der Waals surface area contributed by atoms with Crippen LogP contribution in [0.25, 0.3) is 0 Å². The maximum atomic E-state index is 11.8. The Balaban J connectivity index is 1.87. The fourth-order valence-corrected chi connectivity index (χ4v) is 1.60. The van der Waals surface area contributed by atoms with Crippen molar-refractivity contribution in [2.45, 2.75) is 6.42 Å². The Labute approximate surface area is 111 Å². The Morgan fingerprint density at radius 3 is 2.89 bits per heavy atom. The van der Waals surface area contributed by atoms with E-state index in [1.165, 1.54) is 0 Å². The van der Waals surface area contributed by atoms with Gasteiger partial charge in [-0.25, -0.2) is 10.8 Å². The lowest BCUT2D eigenvalue weighted by Crippen LogP contribution is -2.27. The molecule has 0 saturated heterocycles. The van der Waals surface area contributed by atoms with Gasteiger partial charge in [0.25, 0.3) is 5.91 Å². The Bertz CT molecular complexity index is 544. The van der Waals surface area contributed by atoms with Gasteiger partial charge in [0.1, 0.15) is 11.5 Å². The van der Waals surface area contributed by atoms with Crippen molar-refractivity contribution in [3.05, 3.63) is 54.0 Å². The summed E-state index contributed by atoms with van der Waals surface area (Å²) in [5, 5.41) is 2.80. The van der Waals surface area contributed by atoms with Crippen molar-refractivity contribution in [1.29, 1.82) is 0 Å². The largest absolute Gasteiger partial charge is 0.350 e. The van der Waals surface area contributed by atoms with Gasteiger partial charge in [0, 0.05) is 18.9 Å². The first-order valence-corrected chi connectivity index (χ1v) is 5.90. The van der Waals surface area contributed by atoms with Crippen LogP contribution in [0.5, 0.6) is 0 Å². The Kier molecular flexibility index (Phi) is 4.41. The fraction of sp³-hybridized carbons (Fsp3) is 0.154. The normalized spacial score (nSPS) is 9.95. The molecule has 0 saturated carbocycles. The summed E-state index contributed by atoms with van der Waals surface area (Å²) in [6, 6.07) is 8.89. The zero-order valence-corrected chi connectivity index (χ0v) is 10.3. The molecule has 0 aliphatic carbocycles. The molecule has 0 aromatic carbocycles. The zero-order chi connectivity index (χ0) is 13.5. The van der Waals surface area contributed by atoms with E-state index in [1.807, 2.05) is 12.1 Å². The average Bonchev–Trinajstić information content (AvgIpc) is 2.48. The lowest BCUT2D eigenvalue weighted by molar-refractivity contribution is 0.0949. The van der Waals surface area contributed by atoms with E-state index in [1.54, 1.807) is 30.6 Å². The number of aromatic nitrogens is 2. The van der Waals surface area contributed by atoms with E-state index in [4.69, 9.17) is 5.84 Å². The Morgan fingerprint density at radius 1 is 1.26 bits per heavy atom.